The fraction of sp³-hybridized carbons (Fsp3) is 0.857. The summed E-state index contributed by atoms with van der Waals surface area (Å²) in [5, 5.41) is 11.4. The molecule has 66 valence electrons. The molecule has 0 heterocycles. The number of hydrogen-bond donors (Lipinski definition) is 2. The second-order valence-corrected chi connectivity index (χ2v) is 2.54. The van der Waals surface area contributed by atoms with Gasteiger partial charge < -0.3 is 15.2 Å². The van der Waals surface area contributed by atoms with Gasteiger partial charge in [0.1, 0.15) is 6.10 Å². The summed E-state index contributed by atoms with van der Waals surface area (Å²) < 4.78 is 4.79. The molecule has 0 aliphatic carbocycles. The van der Waals surface area contributed by atoms with Crippen LogP contribution < -0.4 is 5.32 Å². The molecule has 0 fully saturated rings. The summed E-state index contributed by atoms with van der Waals surface area (Å²) in [5.74, 6) is -0.366. The van der Waals surface area contributed by atoms with E-state index in [0.29, 0.717) is 6.61 Å². The van der Waals surface area contributed by atoms with Crippen molar-refractivity contribution in [3.8, 4) is 0 Å². The molecule has 0 bridgehead atoms. The maximum Gasteiger partial charge on any atom is 0.248 e. The smallest absolute Gasteiger partial charge is 0.248 e. The van der Waals surface area contributed by atoms with Crippen LogP contribution in [-0.2, 0) is 9.53 Å². The van der Waals surface area contributed by atoms with Crippen LogP contribution in [0.3, 0.4) is 0 Å². The number of carbonyl (C=O) groups excluding carboxylic acids is 1. The Morgan fingerprint density at radius 2 is 2.18 bits per heavy atom. The zero-order valence-electron chi connectivity index (χ0n) is 7.13. The van der Waals surface area contributed by atoms with Gasteiger partial charge in [-0.25, -0.2) is 0 Å². The number of aliphatic hydroxyl groups is 1. The fourth-order valence-electron chi connectivity index (χ4n) is 0.655. The van der Waals surface area contributed by atoms with Crippen LogP contribution in [0.5, 0.6) is 0 Å². The van der Waals surface area contributed by atoms with Crippen molar-refractivity contribution in [2.45, 2.75) is 26.0 Å². The Morgan fingerprint density at radius 1 is 1.64 bits per heavy atom. The van der Waals surface area contributed by atoms with Crippen molar-refractivity contribution in [3.63, 3.8) is 0 Å². The first-order chi connectivity index (χ1) is 5.07. The Kier molecular flexibility index (Phi) is 4.81. The Morgan fingerprint density at radius 3 is 2.55 bits per heavy atom. The van der Waals surface area contributed by atoms with Crippen molar-refractivity contribution >= 4 is 5.91 Å². The minimum atomic E-state index is -0.950. The lowest BCUT2D eigenvalue weighted by molar-refractivity contribution is -0.129. The average molecular weight is 161 g/mol. The highest BCUT2D eigenvalue weighted by atomic mass is 16.5. The molecule has 0 saturated heterocycles. The van der Waals surface area contributed by atoms with Crippen LogP contribution >= 0.6 is 0 Å². The van der Waals surface area contributed by atoms with E-state index >= 15 is 0 Å². The molecule has 0 aromatic carbocycles. The van der Waals surface area contributed by atoms with Gasteiger partial charge in [0.05, 0.1) is 6.61 Å². The van der Waals surface area contributed by atoms with E-state index in [-0.39, 0.29) is 11.9 Å². The van der Waals surface area contributed by atoms with E-state index < -0.39 is 6.10 Å². The molecule has 11 heavy (non-hydrogen) atoms. The number of rotatable bonds is 4. The average Bonchev–Trinajstić information content (AvgIpc) is 1.87. The van der Waals surface area contributed by atoms with E-state index in [1.54, 1.807) is 7.11 Å². The van der Waals surface area contributed by atoms with E-state index in [4.69, 9.17) is 9.84 Å². The molecule has 0 aromatic rings. The van der Waals surface area contributed by atoms with Crippen LogP contribution in [0.15, 0.2) is 0 Å². The molecular formula is C7H15NO3. The molecule has 2 atom stereocenters. The minimum absolute atomic E-state index is 0.0536. The third-order valence-corrected chi connectivity index (χ3v) is 1.18. The Balaban J connectivity index is 3.57. The van der Waals surface area contributed by atoms with E-state index in [1.165, 1.54) is 6.92 Å². The van der Waals surface area contributed by atoms with Gasteiger partial charge >= 0.3 is 0 Å². The van der Waals surface area contributed by atoms with Gasteiger partial charge in [0.25, 0.3) is 0 Å². The van der Waals surface area contributed by atoms with E-state index in [1.807, 2.05) is 6.92 Å². The molecule has 0 saturated carbocycles. The van der Waals surface area contributed by atoms with Gasteiger partial charge in [-0.05, 0) is 13.8 Å². The molecule has 0 spiro atoms. The first-order valence-corrected chi connectivity index (χ1v) is 3.55. The lowest BCUT2D eigenvalue weighted by Gasteiger charge is -2.13. The first kappa shape index (κ1) is 10.4. The molecule has 1 unspecified atom stereocenters. The van der Waals surface area contributed by atoms with Crippen LogP contribution in [-0.4, -0.2) is 36.9 Å². The molecule has 4 heteroatoms. The number of amides is 1. The third-order valence-electron chi connectivity index (χ3n) is 1.18. The van der Waals surface area contributed by atoms with Gasteiger partial charge in [0, 0.05) is 13.2 Å². The second-order valence-electron chi connectivity index (χ2n) is 2.54. The quantitative estimate of drug-likeness (QED) is 0.585. The standard InChI is InChI=1S/C7H15NO3/c1-5(4-11-3)8-7(10)6(2)9/h5-6,9H,4H2,1-3H3,(H,8,10)/t5?,6-/m1/s1. The highest BCUT2D eigenvalue weighted by molar-refractivity contribution is 5.80. The lowest BCUT2D eigenvalue weighted by atomic mass is 10.3. The number of carbonyl (C=O) groups is 1. The van der Waals surface area contributed by atoms with Crippen LogP contribution in [0, 0.1) is 0 Å². The summed E-state index contributed by atoms with van der Waals surface area (Å²) in [4.78, 5) is 10.8. The highest BCUT2D eigenvalue weighted by Gasteiger charge is 2.10. The van der Waals surface area contributed by atoms with Crippen LogP contribution in [0.1, 0.15) is 13.8 Å². The Hall–Kier alpha value is -0.610. The molecule has 2 N–H and O–H groups in total. The van der Waals surface area contributed by atoms with Crippen molar-refractivity contribution in [1.29, 1.82) is 0 Å². The summed E-state index contributed by atoms with van der Waals surface area (Å²) in [5.41, 5.74) is 0. The third kappa shape index (κ3) is 4.75. The zero-order valence-corrected chi connectivity index (χ0v) is 7.13. The normalized spacial score (nSPS) is 15.6. The van der Waals surface area contributed by atoms with Gasteiger partial charge in [-0.15, -0.1) is 0 Å². The van der Waals surface area contributed by atoms with Crippen molar-refractivity contribution in [2.24, 2.45) is 0 Å². The predicted molar refractivity (Wildman–Crippen MR) is 41.2 cm³/mol. The van der Waals surface area contributed by atoms with E-state index in [2.05, 4.69) is 5.32 Å². The first-order valence-electron chi connectivity index (χ1n) is 3.55. The molecule has 0 aliphatic heterocycles. The maximum absolute atomic E-state index is 10.8. The second kappa shape index (κ2) is 5.09. The number of aliphatic hydroxyl groups excluding tert-OH is 1. The molecule has 4 nitrogen and oxygen atoms in total. The predicted octanol–water partition coefficient (Wildman–Crippen LogP) is -0.482. The van der Waals surface area contributed by atoms with Crippen molar-refractivity contribution in [3.05, 3.63) is 0 Å². The summed E-state index contributed by atoms with van der Waals surface area (Å²) in [7, 11) is 1.56. The maximum atomic E-state index is 10.8. The van der Waals surface area contributed by atoms with Gasteiger partial charge in [-0.2, -0.15) is 0 Å². The van der Waals surface area contributed by atoms with Crippen molar-refractivity contribution in [1.82, 2.24) is 5.32 Å². The zero-order chi connectivity index (χ0) is 8.85. The van der Waals surface area contributed by atoms with Gasteiger partial charge in [0.15, 0.2) is 0 Å². The van der Waals surface area contributed by atoms with Crippen molar-refractivity contribution < 1.29 is 14.6 Å². The lowest BCUT2D eigenvalue weighted by Crippen LogP contribution is -2.40. The Bertz CT molecular complexity index is 125. The number of ether oxygens (including phenoxy) is 1. The molecular weight excluding hydrogens is 146 g/mol. The number of nitrogens with one attached hydrogen (secondary N) is 1. The molecule has 1 amide bonds. The highest BCUT2D eigenvalue weighted by Crippen LogP contribution is 1.85. The molecule has 0 radical (unpaired) electrons. The number of hydrogen-bond acceptors (Lipinski definition) is 3. The minimum Gasteiger partial charge on any atom is -0.384 e. The topological polar surface area (TPSA) is 58.6 Å². The van der Waals surface area contributed by atoms with E-state index in [0.717, 1.165) is 0 Å². The summed E-state index contributed by atoms with van der Waals surface area (Å²) in [6.07, 6.45) is -0.950. The molecule has 0 aliphatic rings. The SMILES string of the molecule is COCC(C)NC(=O)[C@@H](C)O. The van der Waals surface area contributed by atoms with Crippen molar-refractivity contribution in [2.75, 3.05) is 13.7 Å². The van der Waals surface area contributed by atoms with Crippen LogP contribution in [0.4, 0.5) is 0 Å². The molecule has 0 aromatic heterocycles. The summed E-state index contributed by atoms with van der Waals surface area (Å²) in [6.45, 7) is 3.69. The molecule has 0 rings (SSSR count). The Labute approximate surface area is 66.5 Å². The number of methoxy groups -OCH3 is 1. The van der Waals surface area contributed by atoms with Crippen LogP contribution in [0.25, 0.3) is 0 Å². The monoisotopic (exact) mass is 161 g/mol. The summed E-state index contributed by atoms with van der Waals surface area (Å²) >= 11 is 0. The van der Waals surface area contributed by atoms with Crippen LogP contribution in [0.2, 0.25) is 0 Å². The fourth-order valence-corrected chi connectivity index (χ4v) is 0.655. The van der Waals surface area contributed by atoms with Gasteiger partial charge in [-0.1, -0.05) is 0 Å². The van der Waals surface area contributed by atoms with Gasteiger partial charge in [0.2, 0.25) is 5.91 Å². The largest absolute Gasteiger partial charge is 0.384 e. The van der Waals surface area contributed by atoms with Gasteiger partial charge in [-0.3, -0.25) is 4.79 Å². The van der Waals surface area contributed by atoms with E-state index in [9.17, 15) is 4.79 Å². The summed E-state index contributed by atoms with van der Waals surface area (Å²) in [6, 6.07) is -0.0536.